The maximum absolute atomic E-state index is 4.49. The van der Waals surface area contributed by atoms with E-state index in [1.54, 1.807) is 0 Å². The molecule has 0 radical (unpaired) electrons. The molecule has 0 aliphatic rings. The molecule has 0 unspecified atom stereocenters. The summed E-state index contributed by atoms with van der Waals surface area (Å²) in [4.78, 5) is 0. The number of benzene rings is 1. The van der Waals surface area contributed by atoms with Crippen molar-refractivity contribution in [2.24, 2.45) is 7.05 Å². The van der Waals surface area contributed by atoms with Crippen molar-refractivity contribution in [3.63, 3.8) is 0 Å². The Morgan fingerprint density at radius 3 is 2.31 bits per heavy atom. The lowest BCUT2D eigenvalue weighted by molar-refractivity contribution is 0.590. The van der Waals surface area contributed by atoms with Gasteiger partial charge in [-0.1, -0.05) is 26.8 Å². The minimum absolute atomic E-state index is 0.196. The third-order valence-electron chi connectivity index (χ3n) is 3.18. The molecule has 86 valence electrons. The number of fused-ring (bicyclic) bond motifs is 1. The van der Waals surface area contributed by atoms with E-state index in [0.29, 0.717) is 0 Å². The lowest BCUT2D eigenvalue weighted by Gasteiger charge is -2.20. The Morgan fingerprint density at radius 1 is 1.12 bits per heavy atom. The average Bonchev–Trinajstić information content (AvgIpc) is 2.41. The maximum atomic E-state index is 4.49. The van der Waals surface area contributed by atoms with Gasteiger partial charge in [-0.25, -0.2) is 0 Å². The van der Waals surface area contributed by atoms with Gasteiger partial charge >= 0.3 is 0 Å². The van der Waals surface area contributed by atoms with Crippen LogP contribution in [-0.4, -0.2) is 9.78 Å². The van der Waals surface area contributed by atoms with E-state index in [9.17, 15) is 0 Å². The van der Waals surface area contributed by atoms with Gasteiger partial charge in [0, 0.05) is 12.4 Å². The SMILES string of the molecule is Cc1nn(C)c2c(C)cc(C(C)(C)C)cc12. The van der Waals surface area contributed by atoms with Gasteiger partial charge in [0.05, 0.1) is 11.2 Å². The Kier molecular flexibility index (Phi) is 2.33. The molecule has 0 spiro atoms. The Labute approximate surface area is 97.3 Å². The van der Waals surface area contributed by atoms with Crippen molar-refractivity contribution in [1.82, 2.24) is 9.78 Å². The fraction of sp³-hybridized carbons (Fsp3) is 0.500. The summed E-state index contributed by atoms with van der Waals surface area (Å²) in [5.41, 5.74) is 5.26. The van der Waals surface area contributed by atoms with Crippen molar-refractivity contribution < 1.29 is 0 Å². The molecule has 1 aromatic carbocycles. The Bertz CT molecular complexity index is 542. The number of rotatable bonds is 0. The van der Waals surface area contributed by atoms with Crippen molar-refractivity contribution in [2.75, 3.05) is 0 Å². The van der Waals surface area contributed by atoms with E-state index in [1.165, 1.54) is 22.0 Å². The molecule has 0 fully saturated rings. The highest BCUT2D eigenvalue weighted by Gasteiger charge is 2.17. The van der Waals surface area contributed by atoms with E-state index in [-0.39, 0.29) is 5.41 Å². The molecule has 0 N–H and O–H groups in total. The van der Waals surface area contributed by atoms with Gasteiger partial charge in [-0.15, -0.1) is 0 Å². The fourth-order valence-corrected chi connectivity index (χ4v) is 2.25. The lowest BCUT2D eigenvalue weighted by atomic mass is 9.85. The first-order valence-corrected chi connectivity index (χ1v) is 5.75. The molecule has 0 atom stereocenters. The number of hydrogen-bond donors (Lipinski definition) is 0. The van der Waals surface area contributed by atoms with Gasteiger partial charge in [-0.2, -0.15) is 5.10 Å². The normalized spacial score (nSPS) is 12.4. The molecule has 0 saturated heterocycles. The molecule has 2 heteroatoms. The highest BCUT2D eigenvalue weighted by atomic mass is 15.3. The Hall–Kier alpha value is -1.31. The number of hydrogen-bond acceptors (Lipinski definition) is 1. The summed E-state index contributed by atoms with van der Waals surface area (Å²) in [7, 11) is 2.01. The zero-order chi connectivity index (χ0) is 12.1. The maximum Gasteiger partial charge on any atom is 0.0711 e. The molecular formula is C14H20N2. The van der Waals surface area contributed by atoms with Crippen LogP contribution in [0.25, 0.3) is 10.9 Å². The molecule has 16 heavy (non-hydrogen) atoms. The average molecular weight is 216 g/mol. The molecule has 2 nitrogen and oxygen atoms in total. The number of aromatic nitrogens is 2. The number of aryl methyl sites for hydroxylation is 3. The molecule has 0 bridgehead atoms. The van der Waals surface area contributed by atoms with Gasteiger partial charge in [0.15, 0.2) is 0 Å². The quantitative estimate of drug-likeness (QED) is 0.659. The first-order chi connectivity index (χ1) is 7.30. The summed E-state index contributed by atoms with van der Waals surface area (Å²) in [6.45, 7) is 11.0. The van der Waals surface area contributed by atoms with Gasteiger partial charge < -0.3 is 0 Å². The van der Waals surface area contributed by atoms with E-state index in [2.05, 4.69) is 51.9 Å². The summed E-state index contributed by atoms with van der Waals surface area (Å²) in [5, 5.41) is 5.78. The van der Waals surface area contributed by atoms with Crippen molar-refractivity contribution in [2.45, 2.75) is 40.0 Å². The van der Waals surface area contributed by atoms with Crippen LogP contribution in [0, 0.1) is 13.8 Å². The number of nitrogens with zero attached hydrogens (tertiary/aromatic N) is 2. The lowest BCUT2D eigenvalue weighted by Crippen LogP contribution is -2.11. The fourth-order valence-electron chi connectivity index (χ4n) is 2.25. The van der Waals surface area contributed by atoms with Crippen LogP contribution in [0.2, 0.25) is 0 Å². The standard InChI is InChI=1S/C14H20N2/c1-9-7-11(14(3,4)5)8-12-10(2)15-16(6)13(9)12/h7-8H,1-6H3. The molecule has 2 rings (SSSR count). The van der Waals surface area contributed by atoms with E-state index >= 15 is 0 Å². The van der Waals surface area contributed by atoms with Crippen molar-refractivity contribution >= 4 is 10.9 Å². The second-order valence-corrected chi connectivity index (χ2v) is 5.65. The second-order valence-electron chi connectivity index (χ2n) is 5.65. The van der Waals surface area contributed by atoms with Crippen LogP contribution >= 0.6 is 0 Å². The van der Waals surface area contributed by atoms with E-state index < -0.39 is 0 Å². The van der Waals surface area contributed by atoms with Crippen LogP contribution in [0.4, 0.5) is 0 Å². The highest BCUT2D eigenvalue weighted by Crippen LogP contribution is 2.29. The zero-order valence-corrected chi connectivity index (χ0v) is 11.0. The van der Waals surface area contributed by atoms with Crippen LogP contribution in [-0.2, 0) is 12.5 Å². The summed E-state index contributed by atoms with van der Waals surface area (Å²) >= 11 is 0. The van der Waals surface area contributed by atoms with E-state index in [0.717, 1.165) is 5.69 Å². The Morgan fingerprint density at radius 2 is 1.75 bits per heavy atom. The van der Waals surface area contributed by atoms with Gasteiger partial charge in [0.1, 0.15) is 0 Å². The van der Waals surface area contributed by atoms with Crippen LogP contribution in [0.15, 0.2) is 12.1 Å². The predicted molar refractivity (Wildman–Crippen MR) is 68.9 cm³/mol. The first-order valence-electron chi connectivity index (χ1n) is 5.75. The summed E-state index contributed by atoms with van der Waals surface area (Å²) in [6, 6.07) is 4.56. The third kappa shape index (κ3) is 1.62. The smallest absolute Gasteiger partial charge is 0.0711 e. The van der Waals surface area contributed by atoms with Gasteiger partial charge in [0.25, 0.3) is 0 Å². The molecule has 0 saturated carbocycles. The van der Waals surface area contributed by atoms with Crippen LogP contribution < -0.4 is 0 Å². The monoisotopic (exact) mass is 216 g/mol. The first kappa shape index (κ1) is 11.2. The summed E-state index contributed by atoms with van der Waals surface area (Å²) < 4.78 is 1.98. The second kappa shape index (κ2) is 3.34. The minimum Gasteiger partial charge on any atom is -0.267 e. The van der Waals surface area contributed by atoms with Crippen molar-refractivity contribution in [3.05, 3.63) is 29.0 Å². The van der Waals surface area contributed by atoms with Crippen LogP contribution in [0.1, 0.15) is 37.6 Å². The van der Waals surface area contributed by atoms with Crippen molar-refractivity contribution in [3.8, 4) is 0 Å². The highest BCUT2D eigenvalue weighted by molar-refractivity contribution is 5.85. The summed E-state index contributed by atoms with van der Waals surface area (Å²) in [6.07, 6.45) is 0. The topological polar surface area (TPSA) is 17.8 Å². The van der Waals surface area contributed by atoms with Gasteiger partial charge in [-0.05, 0) is 36.5 Å². The summed E-state index contributed by atoms with van der Waals surface area (Å²) in [5.74, 6) is 0. The molecule has 0 aliphatic carbocycles. The van der Waals surface area contributed by atoms with Gasteiger partial charge in [0.2, 0.25) is 0 Å². The largest absolute Gasteiger partial charge is 0.267 e. The van der Waals surface area contributed by atoms with Gasteiger partial charge in [-0.3, -0.25) is 4.68 Å². The molecule has 1 aromatic heterocycles. The minimum atomic E-state index is 0.196. The molecule has 0 aliphatic heterocycles. The van der Waals surface area contributed by atoms with E-state index in [4.69, 9.17) is 0 Å². The van der Waals surface area contributed by atoms with Crippen molar-refractivity contribution in [1.29, 1.82) is 0 Å². The molecule has 2 aromatic rings. The van der Waals surface area contributed by atoms with Crippen LogP contribution in [0.3, 0.4) is 0 Å². The molecule has 0 amide bonds. The molecule has 1 heterocycles. The zero-order valence-electron chi connectivity index (χ0n) is 11.0. The molecular weight excluding hydrogens is 196 g/mol. The predicted octanol–water partition coefficient (Wildman–Crippen LogP) is 3.49. The van der Waals surface area contributed by atoms with Crippen LogP contribution in [0.5, 0.6) is 0 Å². The Balaban J connectivity index is 2.82. The van der Waals surface area contributed by atoms with E-state index in [1.807, 2.05) is 11.7 Å². The third-order valence-corrected chi connectivity index (χ3v) is 3.18.